The highest BCUT2D eigenvalue weighted by atomic mass is 19.1. The standard InChI is InChI=1S/C26H34F2N4O2/c1-26(2)10-9-17-20(11-14-3-4-14)31-32(21(17)13-26)24-19(27)12-18(25(29)34)23(22(24)28)30-15-5-7-16(33)8-6-15/h12,14-16,30,33H,3-11,13H2,1-2H3,(H2,29,34). The van der Waals surface area contributed by atoms with Crippen molar-refractivity contribution in [3.63, 3.8) is 0 Å². The average Bonchev–Trinajstić information content (AvgIpc) is 3.52. The number of hydrogen-bond donors (Lipinski definition) is 3. The number of primary amides is 1. The van der Waals surface area contributed by atoms with Gasteiger partial charge in [0.05, 0.1) is 23.0 Å². The number of amides is 1. The molecule has 0 atom stereocenters. The Labute approximate surface area is 198 Å². The summed E-state index contributed by atoms with van der Waals surface area (Å²) >= 11 is 0. The third kappa shape index (κ3) is 4.44. The van der Waals surface area contributed by atoms with Crippen molar-refractivity contribution in [2.24, 2.45) is 17.1 Å². The topological polar surface area (TPSA) is 93.2 Å². The Bertz CT molecular complexity index is 1110. The van der Waals surface area contributed by atoms with Crippen LogP contribution in [0.15, 0.2) is 6.07 Å². The van der Waals surface area contributed by atoms with Gasteiger partial charge in [-0.3, -0.25) is 4.79 Å². The summed E-state index contributed by atoms with van der Waals surface area (Å²) in [5.74, 6) is -1.97. The highest BCUT2D eigenvalue weighted by Gasteiger charge is 2.35. The number of aromatic nitrogens is 2. The van der Waals surface area contributed by atoms with Gasteiger partial charge in [-0.05, 0) is 87.2 Å². The minimum absolute atomic E-state index is 0.00572. The van der Waals surface area contributed by atoms with Gasteiger partial charge in [0.1, 0.15) is 5.69 Å². The van der Waals surface area contributed by atoms with Crippen LogP contribution in [0.3, 0.4) is 0 Å². The summed E-state index contributed by atoms with van der Waals surface area (Å²) < 4.78 is 33.0. The molecule has 5 rings (SSSR count). The molecule has 1 aromatic carbocycles. The number of fused-ring (bicyclic) bond motifs is 1. The van der Waals surface area contributed by atoms with Crippen molar-refractivity contribution in [2.75, 3.05) is 5.32 Å². The number of nitrogens with two attached hydrogens (primary N) is 1. The second-order valence-corrected chi connectivity index (χ2v) is 11.2. The first-order chi connectivity index (χ1) is 16.1. The van der Waals surface area contributed by atoms with E-state index in [2.05, 4.69) is 19.2 Å². The summed E-state index contributed by atoms with van der Waals surface area (Å²) in [4.78, 5) is 12.1. The summed E-state index contributed by atoms with van der Waals surface area (Å²) in [5, 5.41) is 17.7. The van der Waals surface area contributed by atoms with Crippen LogP contribution < -0.4 is 11.1 Å². The van der Waals surface area contributed by atoms with E-state index in [9.17, 15) is 9.90 Å². The largest absolute Gasteiger partial charge is 0.393 e. The summed E-state index contributed by atoms with van der Waals surface area (Å²) in [7, 11) is 0. The molecule has 2 aromatic rings. The molecule has 0 radical (unpaired) electrons. The smallest absolute Gasteiger partial charge is 0.251 e. The first-order valence-electron chi connectivity index (χ1n) is 12.5. The Morgan fingerprint density at radius 2 is 1.94 bits per heavy atom. The SMILES string of the molecule is CC1(C)CCc2c(CC3CC3)nn(-c3c(F)cc(C(N)=O)c(NC4CCC(O)CC4)c3F)c2C1. The van der Waals surface area contributed by atoms with Gasteiger partial charge in [0.2, 0.25) is 0 Å². The molecule has 0 unspecified atom stereocenters. The van der Waals surface area contributed by atoms with Crippen LogP contribution in [0, 0.1) is 23.0 Å². The molecule has 1 aromatic heterocycles. The molecule has 184 valence electrons. The van der Waals surface area contributed by atoms with Crippen molar-refractivity contribution in [3.05, 3.63) is 40.2 Å². The van der Waals surface area contributed by atoms with Gasteiger partial charge in [0.25, 0.3) is 5.91 Å². The lowest BCUT2D eigenvalue weighted by Crippen LogP contribution is -2.30. The van der Waals surface area contributed by atoms with E-state index in [1.54, 1.807) is 0 Å². The van der Waals surface area contributed by atoms with Crippen molar-refractivity contribution in [3.8, 4) is 5.69 Å². The van der Waals surface area contributed by atoms with Gasteiger partial charge in [0.15, 0.2) is 11.6 Å². The fraction of sp³-hybridized carbons (Fsp3) is 0.615. The molecule has 34 heavy (non-hydrogen) atoms. The zero-order valence-electron chi connectivity index (χ0n) is 20.0. The predicted octanol–water partition coefficient (Wildman–Crippen LogP) is 4.43. The monoisotopic (exact) mass is 472 g/mol. The van der Waals surface area contributed by atoms with Gasteiger partial charge in [-0.1, -0.05) is 13.8 Å². The maximum atomic E-state index is 16.1. The molecule has 2 fully saturated rings. The number of aliphatic hydroxyl groups is 1. The quantitative estimate of drug-likeness (QED) is 0.580. The highest BCUT2D eigenvalue weighted by Crippen LogP contribution is 2.41. The zero-order chi connectivity index (χ0) is 24.2. The Morgan fingerprint density at radius 3 is 2.59 bits per heavy atom. The van der Waals surface area contributed by atoms with Crippen LogP contribution in [0.1, 0.15) is 86.1 Å². The predicted molar refractivity (Wildman–Crippen MR) is 126 cm³/mol. The van der Waals surface area contributed by atoms with E-state index in [-0.39, 0.29) is 34.5 Å². The molecule has 1 amide bonds. The number of carbonyl (C=O) groups is 1. The molecule has 0 bridgehead atoms. The number of hydrogen-bond acceptors (Lipinski definition) is 4. The van der Waals surface area contributed by atoms with E-state index in [4.69, 9.17) is 10.8 Å². The second kappa shape index (κ2) is 8.63. The van der Waals surface area contributed by atoms with E-state index >= 15 is 8.78 Å². The van der Waals surface area contributed by atoms with Crippen LogP contribution in [0.25, 0.3) is 5.69 Å². The lowest BCUT2D eigenvalue weighted by molar-refractivity contribution is 0.0999. The van der Waals surface area contributed by atoms with E-state index in [1.807, 2.05) is 0 Å². The Hall–Kier alpha value is -2.48. The maximum absolute atomic E-state index is 16.1. The van der Waals surface area contributed by atoms with E-state index in [0.717, 1.165) is 42.3 Å². The fourth-order valence-electron chi connectivity index (χ4n) is 5.52. The van der Waals surface area contributed by atoms with Crippen molar-refractivity contribution in [1.82, 2.24) is 9.78 Å². The van der Waals surface area contributed by atoms with E-state index in [1.165, 1.54) is 17.5 Å². The van der Waals surface area contributed by atoms with Gasteiger partial charge >= 0.3 is 0 Å². The molecule has 1 heterocycles. The van der Waals surface area contributed by atoms with Crippen LogP contribution >= 0.6 is 0 Å². The molecule has 6 nitrogen and oxygen atoms in total. The van der Waals surface area contributed by atoms with Gasteiger partial charge < -0.3 is 16.2 Å². The van der Waals surface area contributed by atoms with E-state index in [0.29, 0.717) is 38.0 Å². The number of aliphatic hydroxyl groups excluding tert-OH is 1. The molecule has 0 spiro atoms. The number of anilines is 1. The van der Waals surface area contributed by atoms with Crippen LogP contribution in [0.4, 0.5) is 14.5 Å². The number of rotatable bonds is 6. The highest BCUT2D eigenvalue weighted by molar-refractivity contribution is 5.99. The minimum Gasteiger partial charge on any atom is -0.393 e. The van der Waals surface area contributed by atoms with Crippen molar-refractivity contribution in [2.45, 2.75) is 90.2 Å². The third-order valence-electron chi connectivity index (χ3n) is 7.77. The van der Waals surface area contributed by atoms with Crippen molar-refractivity contribution in [1.29, 1.82) is 0 Å². The summed E-state index contributed by atoms with van der Waals surface area (Å²) in [5.41, 5.74) is 7.92. The molecular formula is C26H34F2N4O2. The van der Waals surface area contributed by atoms with Crippen molar-refractivity contribution < 1.29 is 18.7 Å². The fourth-order valence-corrected chi connectivity index (χ4v) is 5.52. The molecule has 0 aliphatic heterocycles. The molecule has 8 heteroatoms. The molecule has 3 aliphatic carbocycles. The van der Waals surface area contributed by atoms with Gasteiger partial charge in [-0.15, -0.1) is 0 Å². The average molecular weight is 473 g/mol. The zero-order valence-corrected chi connectivity index (χ0v) is 20.0. The second-order valence-electron chi connectivity index (χ2n) is 11.2. The lowest BCUT2D eigenvalue weighted by Gasteiger charge is -2.31. The molecule has 0 saturated heterocycles. The first kappa shape index (κ1) is 23.3. The summed E-state index contributed by atoms with van der Waals surface area (Å²) in [6.45, 7) is 4.34. The van der Waals surface area contributed by atoms with Crippen LogP contribution in [-0.2, 0) is 19.3 Å². The molecule has 2 saturated carbocycles. The molecular weight excluding hydrogens is 438 g/mol. The Morgan fingerprint density at radius 1 is 1.24 bits per heavy atom. The van der Waals surface area contributed by atoms with Gasteiger partial charge in [-0.25, -0.2) is 13.5 Å². The molecule has 4 N–H and O–H groups in total. The van der Waals surface area contributed by atoms with E-state index < -0.39 is 17.5 Å². The number of benzene rings is 1. The third-order valence-corrected chi connectivity index (χ3v) is 7.77. The minimum atomic E-state index is -0.888. The number of nitrogens with zero attached hydrogens (tertiary/aromatic N) is 2. The van der Waals surface area contributed by atoms with Crippen LogP contribution in [0.5, 0.6) is 0 Å². The number of carbonyl (C=O) groups excluding carboxylic acids is 1. The first-order valence-corrected chi connectivity index (χ1v) is 12.5. The molecule has 3 aliphatic rings. The van der Waals surface area contributed by atoms with Crippen LogP contribution in [0.2, 0.25) is 0 Å². The summed E-state index contributed by atoms with van der Waals surface area (Å²) in [6.07, 6.45) is 7.79. The normalized spacial score (nSPS) is 24.0. The van der Waals surface area contributed by atoms with Gasteiger partial charge in [0, 0.05) is 11.7 Å². The van der Waals surface area contributed by atoms with Gasteiger partial charge in [-0.2, -0.15) is 5.10 Å². The number of nitrogens with one attached hydrogen (secondary N) is 1. The van der Waals surface area contributed by atoms with Crippen molar-refractivity contribution >= 4 is 11.6 Å². The Kier molecular flexibility index (Phi) is 5.91. The van der Waals surface area contributed by atoms with Crippen LogP contribution in [-0.4, -0.2) is 32.9 Å². The Balaban J connectivity index is 1.61. The number of halogens is 2. The maximum Gasteiger partial charge on any atom is 0.251 e. The summed E-state index contributed by atoms with van der Waals surface area (Å²) in [6, 6.07) is 0.897. The lowest BCUT2D eigenvalue weighted by atomic mass is 9.76.